The van der Waals surface area contributed by atoms with Crippen LogP contribution in [0.4, 0.5) is 4.79 Å². The van der Waals surface area contributed by atoms with Gasteiger partial charge in [-0.25, -0.2) is 4.79 Å². The van der Waals surface area contributed by atoms with E-state index < -0.39 is 6.16 Å². The summed E-state index contributed by atoms with van der Waals surface area (Å²) in [6.45, 7) is 12.0. The lowest BCUT2D eigenvalue weighted by molar-refractivity contribution is 0.0163. The van der Waals surface area contributed by atoms with E-state index in [1.807, 2.05) is 0 Å². The molecule has 0 saturated carbocycles. The SMILES string of the molecule is CCN1CCCC(COC(=O)OCC2CCCN(CC)C2)C1. The predicted octanol–water partition coefficient (Wildman–Crippen LogP) is 2.60. The Labute approximate surface area is 134 Å². The van der Waals surface area contributed by atoms with E-state index in [1.165, 1.54) is 25.9 Å². The van der Waals surface area contributed by atoms with Gasteiger partial charge in [-0.1, -0.05) is 13.8 Å². The van der Waals surface area contributed by atoms with Crippen LogP contribution in [0.1, 0.15) is 39.5 Å². The Bertz CT molecular complexity index is 308. The van der Waals surface area contributed by atoms with Gasteiger partial charge in [-0.15, -0.1) is 0 Å². The van der Waals surface area contributed by atoms with Crippen LogP contribution in [0.2, 0.25) is 0 Å². The monoisotopic (exact) mass is 312 g/mol. The van der Waals surface area contributed by atoms with Crippen LogP contribution in [-0.2, 0) is 9.47 Å². The third kappa shape index (κ3) is 5.76. The molecule has 2 heterocycles. The highest BCUT2D eigenvalue weighted by Gasteiger charge is 2.22. The van der Waals surface area contributed by atoms with Crippen LogP contribution in [0.15, 0.2) is 0 Å². The molecule has 0 aromatic rings. The standard InChI is InChI=1S/C17H32N2O3/c1-3-18-9-5-7-15(11-18)13-21-17(20)22-14-16-8-6-10-19(4-2)12-16/h15-16H,3-14H2,1-2H3. The summed E-state index contributed by atoms with van der Waals surface area (Å²) in [5.74, 6) is 0.929. The van der Waals surface area contributed by atoms with Crippen LogP contribution in [0, 0.1) is 11.8 Å². The quantitative estimate of drug-likeness (QED) is 0.705. The highest BCUT2D eigenvalue weighted by molar-refractivity contribution is 5.59. The number of carbonyl (C=O) groups is 1. The number of nitrogens with zero attached hydrogens (tertiary/aromatic N) is 2. The maximum atomic E-state index is 11.8. The molecule has 2 atom stereocenters. The van der Waals surface area contributed by atoms with E-state index in [0.717, 1.165) is 39.0 Å². The second-order valence-electron chi connectivity index (χ2n) is 6.67. The first-order valence-electron chi connectivity index (χ1n) is 8.95. The van der Waals surface area contributed by atoms with Crippen molar-refractivity contribution in [2.75, 3.05) is 52.5 Å². The first kappa shape index (κ1) is 17.5. The Morgan fingerprint density at radius 2 is 1.36 bits per heavy atom. The van der Waals surface area contributed by atoms with Crippen LogP contribution in [-0.4, -0.2) is 68.4 Å². The van der Waals surface area contributed by atoms with Crippen molar-refractivity contribution in [3.05, 3.63) is 0 Å². The largest absolute Gasteiger partial charge is 0.508 e. The molecule has 128 valence electrons. The van der Waals surface area contributed by atoms with Gasteiger partial charge in [-0.3, -0.25) is 0 Å². The summed E-state index contributed by atoms with van der Waals surface area (Å²) in [5.41, 5.74) is 0. The first-order valence-corrected chi connectivity index (χ1v) is 8.95. The van der Waals surface area contributed by atoms with Gasteiger partial charge in [0, 0.05) is 24.9 Å². The van der Waals surface area contributed by atoms with Crippen LogP contribution >= 0.6 is 0 Å². The van der Waals surface area contributed by atoms with Gasteiger partial charge >= 0.3 is 6.16 Å². The van der Waals surface area contributed by atoms with Gasteiger partial charge in [-0.05, 0) is 51.9 Å². The molecule has 2 aliphatic rings. The average Bonchev–Trinajstić information content (AvgIpc) is 2.58. The lowest BCUT2D eigenvalue weighted by atomic mass is 9.99. The minimum Gasteiger partial charge on any atom is -0.434 e. The summed E-state index contributed by atoms with van der Waals surface area (Å²) in [6, 6.07) is 0. The van der Waals surface area contributed by atoms with Crippen molar-refractivity contribution < 1.29 is 14.3 Å². The molecule has 0 amide bonds. The van der Waals surface area contributed by atoms with E-state index in [0.29, 0.717) is 25.0 Å². The van der Waals surface area contributed by atoms with Crippen molar-refractivity contribution in [1.82, 2.24) is 9.80 Å². The molecule has 5 heteroatoms. The van der Waals surface area contributed by atoms with E-state index >= 15 is 0 Å². The molecule has 2 saturated heterocycles. The molecule has 2 fully saturated rings. The van der Waals surface area contributed by atoms with E-state index in [1.54, 1.807) is 0 Å². The summed E-state index contributed by atoms with van der Waals surface area (Å²) in [4.78, 5) is 16.6. The number of likely N-dealkylation sites (tertiary alicyclic amines) is 2. The Hall–Kier alpha value is -0.810. The predicted molar refractivity (Wildman–Crippen MR) is 87.0 cm³/mol. The van der Waals surface area contributed by atoms with Gasteiger partial charge in [0.05, 0.1) is 13.2 Å². The number of piperidine rings is 2. The van der Waals surface area contributed by atoms with Crippen molar-refractivity contribution in [2.45, 2.75) is 39.5 Å². The molecule has 2 rings (SSSR count). The average molecular weight is 312 g/mol. The maximum Gasteiger partial charge on any atom is 0.508 e. The van der Waals surface area contributed by atoms with Crippen LogP contribution < -0.4 is 0 Å². The number of ether oxygens (including phenoxy) is 2. The van der Waals surface area contributed by atoms with Crippen LogP contribution in [0.3, 0.4) is 0 Å². The minimum atomic E-state index is -0.484. The molecular weight excluding hydrogens is 280 g/mol. The van der Waals surface area contributed by atoms with E-state index in [-0.39, 0.29) is 0 Å². The van der Waals surface area contributed by atoms with E-state index in [2.05, 4.69) is 23.6 Å². The first-order chi connectivity index (χ1) is 10.7. The van der Waals surface area contributed by atoms with Gasteiger partial charge < -0.3 is 19.3 Å². The highest BCUT2D eigenvalue weighted by atomic mass is 16.7. The molecule has 0 spiro atoms. The molecular formula is C17H32N2O3. The Balaban J connectivity index is 1.59. The Morgan fingerprint density at radius 1 is 0.909 bits per heavy atom. The highest BCUT2D eigenvalue weighted by Crippen LogP contribution is 2.18. The van der Waals surface area contributed by atoms with Crippen molar-refractivity contribution >= 4 is 6.16 Å². The number of carbonyl (C=O) groups excluding carboxylic acids is 1. The normalized spacial score (nSPS) is 27.5. The van der Waals surface area contributed by atoms with Crippen molar-refractivity contribution in [1.29, 1.82) is 0 Å². The summed E-state index contributed by atoms with van der Waals surface area (Å²) >= 11 is 0. The molecule has 0 N–H and O–H groups in total. The third-order valence-electron chi connectivity index (χ3n) is 4.97. The topological polar surface area (TPSA) is 42.0 Å². The molecule has 0 bridgehead atoms. The lowest BCUT2D eigenvalue weighted by Gasteiger charge is -2.32. The fourth-order valence-electron chi connectivity index (χ4n) is 3.56. The molecule has 5 nitrogen and oxygen atoms in total. The van der Waals surface area contributed by atoms with Gasteiger partial charge in [-0.2, -0.15) is 0 Å². The second kappa shape index (κ2) is 9.36. The second-order valence-corrected chi connectivity index (χ2v) is 6.67. The zero-order valence-corrected chi connectivity index (χ0v) is 14.3. The summed E-state index contributed by atoms with van der Waals surface area (Å²) < 4.78 is 10.6. The molecule has 2 aliphatic heterocycles. The van der Waals surface area contributed by atoms with Gasteiger partial charge in [0.2, 0.25) is 0 Å². The molecule has 0 aromatic heterocycles. The summed E-state index contributed by atoms with van der Waals surface area (Å²) in [5, 5.41) is 0. The van der Waals surface area contributed by atoms with E-state index in [4.69, 9.17) is 9.47 Å². The number of rotatable bonds is 6. The fraction of sp³-hybridized carbons (Fsp3) is 0.941. The fourth-order valence-corrected chi connectivity index (χ4v) is 3.56. The molecule has 22 heavy (non-hydrogen) atoms. The van der Waals surface area contributed by atoms with Gasteiger partial charge in [0.15, 0.2) is 0 Å². The molecule has 0 radical (unpaired) electrons. The number of hydrogen-bond donors (Lipinski definition) is 0. The van der Waals surface area contributed by atoms with Gasteiger partial charge in [0.25, 0.3) is 0 Å². The zero-order valence-electron chi connectivity index (χ0n) is 14.3. The zero-order chi connectivity index (χ0) is 15.8. The van der Waals surface area contributed by atoms with E-state index in [9.17, 15) is 4.79 Å². The smallest absolute Gasteiger partial charge is 0.434 e. The van der Waals surface area contributed by atoms with Gasteiger partial charge in [0.1, 0.15) is 0 Å². The number of hydrogen-bond acceptors (Lipinski definition) is 5. The Kier molecular flexibility index (Phi) is 7.46. The van der Waals surface area contributed by atoms with Crippen molar-refractivity contribution in [3.63, 3.8) is 0 Å². The molecule has 0 aromatic carbocycles. The molecule has 2 unspecified atom stereocenters. The molecule has 0 aliphatic carbocycles. The Morgan fingerprint density at radius 3 is 1.77 bits per heavy atom. The summed E-state index contributed by atoms with van der Waals surface area (Å²) in [6.07, 6.45) is 4.22. The minimum absolute atomic E-state index is 0.464. The maximum absolute atomic E-state index is 11.8. The third-order valence-corrected chi connectivity index (χ3v) is 4.97. The van der Waals surface area contributed by atoms with Crippen molar-refractivity contribution in [2.24, 2.45) is 11.8 Å². The van der Waals surface area contributed by atoms with Crippen LogP contribution in [0.25, 0.3) is 0 Å². The van der Waals surface area contributed by atoms with Crippen molar-refractivity contribution in [3.8, 4) is 0 Å². The van der Waals surface area contributed by atoms with Crippen LogP contribution in [0.5, 0.6) is 0 Å². The summed E-state index contributed by atoms with van der Waals surface area (Å²) in [7, 11) is 0. The lowest BCUT2D eigenvalue weighted by Crippen LogP contribution is -2.38.